The molecular formula is C14H18IN3O4. The largest absolute Gasteiger partial charge is 0.324 e. The molecule has 8 heteroatoms. The Labute approximate surface area is 142 Å². The Kier molecular flexibility index (Phi) is 7.22. The molecule has 3 amide bonds. The predicted molar refractivity (Wildman–Crippen MR) is 90.8 cm³/mol. The van der Waals surface area contributed by atoms with Gasteiger partial charge in [-0.3, -0.25) is 20.2 Å². The maximum Gasteiger partial charge on any atom is 0.324 e. The molecule has 0 saturated carbocycles. The Bertz CT molecular complexity index is 571. The van der Waals surface area contributed by atoms with Gasteiger partial charge in [-0.1, -0.05) is 13.8 Å². The topological polar surface area (TPSA) is 92.6 Å². The summed E-state index contributed by atoms with van der Waals surface area (Å²) >= 11 is 1.83. The van der Waals surface area contributed by atoms with E-state index in [9.17, 15) is 19.7 Å². The van der Waals surface area contributed by atoms with E-state index in [4.69, 9.17) is 0 Å². The summed E-state index contributed by atoms with van der Waals surface area (Å²) in [6.45, 7) is 5.00. The predicted octanol–water partition coefficient (Wildman–Crippen LogP) is 3.17. The van der Waals surface area contributed by atoms with E-state index in [1.807, 2.05) is 36.4 Å². The van der Waals surface area contributed by atoms with Crippen molar-refractivity contribution in [2.24, 2.45) is 0 Å². The molecule has 1 aromatic carbocycles. The van der Waals surface area contributed by atoms with Crippen LogP contribution in [0.1, 0.15) is 37.0 Å². The van der Waals surface area contributed by atoms with E-state index >= 15 is 0 Å². The summed E-state index contributed by atoms with van der Waals surface area (Å²) < 4.78 is 0.434. The molecule has 1 rings (SSSR count). The molecule has 0 fully saturated rings. The van der Waals surface area contributed by atoms with Crippen LogP contribution in [0.4, 0.5) is 10.5 Å². The minimum atomic E-state index is -0.637. The van der Waals surface area contributed by atoms with Gasteiger partial charge in [0, 0.05) is 24.7 Å². The van der Waals surface area contributed by atoms with Crippen molar-refractivity contribution in [1.82, 2.24) is 10.2 Å². The van der Waals surface area contributed by atoms with E-state index < -0.39 is 16.9 Å². The molecule has 0 atom stereocenters. The van der Waals surface area contributed by atoms with Crippen molar-refractivity contribution in [3.63, 3.8) is 0 Å². The van der Waals surface area contributed by atoms with Gasteiger partial charge in [-0.25, -0.2) is 4.79 Å². The van der Waals surface area contributed by atoms with Crippen molar-refractivity contribution in [1.29, 1.82) is 0 Å². The van der Waals surface area contributed by atoms with E-state index in [2.05, 4.69) is 5.32 Å². The second-order valence-electron chi connectivity index (χ2n) is 4.67. The summed E-state index contributed by atoms with van der Waals surface area (Å²) in [4.78, 5) is 36.0. The quantitative estimate of drug-likeness (QED) is 0.436. The number of benzene rings is 1. The first-order chi connectivity index (χ1) is 10.4. The molecule has 1 N–H and O–H groups in total. The van der Waals surface area contributed by atoms with Crippen molar-refractivity contribution < 1.29 is 14.5 Å². The number of nitrogens with zero attached hydrogens (tertiary/aromatic N) is 2. The van der Waals surface area contributed by atoms with Gasteiger partial charge in [-0.2, -0.15) is 0 Å². The van der Waals surface area contributed by atoms with Crippen molar-refractivity contribution in [2.75, 3.05) is 13.1 Å². The van der Waals surface area contributed by atoms with Crippen LogP contribution in [0.25, 0.3) is 0 Å². The average Bonchev–Trinajstić information content (AvgIpc) is 2.46. The van der Waals surface area contributed by atoms with Gasteiger partial charge in [0.05, 0.1) is 8.49 Å². The summed E-state index contributed by atoms with van der Waals surface area (Å²) in [5, 5.41) is 13.2. The summed E-state index contributed by atoms with van der Waals surface area (Å²) in [6.07, 6.45) is 1.58. The molecule has 120 valence electrons. The molecule has 0 aliphatic heterocycles. The molecule has 22 heavy (non-hydrogen) atoms. The second-order valence-corrected chi connectivity index (χ2v) is 5.83. The highest BCUT2D eigenvalue weighted by Crippen LogP contribution is 2.21. The molecule has 1 aromatic rings. The van der Waals surface area contributed by atoms with Gasteiger partial charge in [0.15, 0.2) is 0 Å². The number of amides is 3. The van der Waals surface area contributed by atoms with E-state index in [1.165, 1.54) is 18.2 Å². The van der Waals surface area contributed by atoms with Crippen molar-refractivity contribution in [2.45, 2.75) is 26.7 Å². The van der Waals surface area contributed by atoms with E-state index in [0.717, 1.165) is 12.8 Å². The molecule has 0 spiro atoms. The number of carbonyl (C=O) groups is 2. The van der Waals surface area contributed by atoms with Crippen molar-refractivity contribution in [3.05, 3.63) is 37.4 Å². The average molecular weight is 419 g/mol. The van der Waals surface area contributed by atoms with Crippen molar-refractivity contribution in [3.8, 4) is 0 Å². The Balaban J connectivity index is 2.86. The third-order valence-corrected chi connectivity index (χ3v) is 3.81. The van der Waals surface area contributed by atoms with Crippen LogP contribution in [0.15, 0.2) is 18.2 Å². The lowest BCUT2D eigenvalue weighted by Gasteiger charge is -2.21. The van der Waals surface area contributed by atoms with Crippen LogP contribution in [0.2, 0.25) is 0 Å². The molecular weight excluding hydrogens is 401 g/mol. The number of imide groups is 1. The summed E-state index contributed by atoms with van der Waals surface area (Å²) in [5.74, 6) is -0.637. The molecule has 0 aliphatic rings. The Morgan fingerprint density at radius 2 is 1.86 bits per heavy atom. The van der Waals surface area contributed by atoms with E-state index in [0.29, 0.717) is 16.7 Å². The zero-order chi connectivity index (χ0) is 16.7. The zero-order valence-electron chi connectivity index (χ0n) is 12.5. The molecule has 0 bridgehead atoms. The van der Waals surface area contributed by atoms with Gasteiger partial charge >= 0.3 is 6.03 Å². The third kappa shape index (κ3) is 4.93. The van der Waals surface area contributed by atoms with E-state index in [-0.39, 0.29) is 11.3 Å². The van der Waals surface area contributed by atoms with Crippen LogP contribution in [0.3, 0.4) is 0 Å². The molecule has 0 aromatic heterocycles. The molecule has 0 radical (unpaired) electrons. The van der Waals surface area contributed by atoms with Gasteiger partial charge in [-0.05, 0) is 47.6 Å². The van der Waals surface area contributed by atoms with Gasteiger partial charge in [0.25, 0.3) is 11.6 Å². The monoisotopic (exact) mass is 419 g/mol. The second kappa shape index (κ2) is 8.66. The highest BCUT2D eigenvalue weighted by Gasteiger charge is 2.19. The fourth-order valence-electron chi connectivity index (χ4n) is 1.90. The summed E-state index contributed by atoms with van der Waals surface area (Å²) in [5.41, 5.74) is -0.0620. The minimum absolute atomic E-state index is 0.0911. The first kappa shape index (κ1) is 18.3. The number of halogens is 1. The maximum atomic E-state index is 12.1. The van der Waals surface area contributed by atoms with Crippen LogP contribution in [-0.4, -0.2) is 34.9 Å². The Morgan fingerprint density at radius 1 is 1.27 bits per heavy atom. The number of carbonyl (C=O) groups excluding carboxylic acids is 2. The fraction of sp³-hybridized carbons (Fsp3) is 0.429. The zero-order valence-corrected chi connectivity index (χ0v) is 14.6. The number of nitro benzene ring substituents is 1. The van der Waals surface area contributed by atoms with Crippen LogP contribution >= 0.6 is 22.6 Å². The molecule has 0 aliphatic carbocycles. The lowest BCUT2D eigenvalue weighted by Crippen LogP contribution is -2.43. The number of rotatable bonds is 6. The van der Waals surface area contributed by atoms with Crippen LogP contribution in [0.5, 0.6) is 0 Å². The fourth-order valence-corrected chi connectivity index (χ4v) is 2.43. The summed E-state index contributed by atoms with van der Waals surface area (Å²) in [7, 11) is 0. The van der Waals surface area contributed by atoms with E-state index in [1.54, 1.807) is 4.90 Å². The number of nitrogens with one attached hydrogen (secondary N) is 1. The number of nitro groups is 1. The van der Waals surface area contributed by atoms with Crippen LogP contribution < -0.4 is 5.32 Å². The lowest BCUT2D eigenvalue weighted by atomic mass is 10.2. The lowest BCUT2D eigenvalue weighted by molar-refractivity contribution is -0.385. The third-order valence-electron chi connectivity index (χ3n) is 2.90. The van der Waals surface area contributed by atoms with Gasteiger partial charge in [0.1, 0.15) is 0 Å². The Morgan fingerprint density at radius 3 is 2.36 bits per heavy atom. The smallest absolute Gasteiger partial charge is 0.324 e. The Hall–Kier alpha value is -1.71. The minimum Gasteiger partial charge on any atom is -0.324 e. The highest BCUT2D eigenvalue weighted by atomic mass is 127. The highest BCUT2D eigenvalue weighted by molar-refractivity contribution is 14.1. The normalized spacial score (nSPS) is 10.1. The SMILES string of the molecule is CCCN(CCC)C(=O)NC(=O)c1ccc(I)c([N+](=O)[O-])c1. The van der Waals surface area contributed by atoms with Crippen molar-refractivity contribution >= 4 is 40.2 Å². The maximum absolute atomic E-state index is 12.1. The molecule has 0 unspecified atom stereocenters. The number of urea groups is 1. The van der Waals surface area contributed by atoms with Gasteiger partial charge in [0.2, 0.25) is 0 Å². The first-order valence-corrected chi connectivity index (χ1v) is 8.02. The van der Waals surface area contributed by atoms with Gasteiger partial charge < -0.3 is 4.90 Å². The van der Waals surface area contributed by atoms with Gasteiger partial charge in [-0.15, -0.1) is 0 Å². The molecule has 0 heterocycles. The van der Waals surface area contributed by atoms with Crippen LogP contribution in [-0.2, 0) is 0 Å². The summed E-state index contributed by atoms with van der Waals surface area (Å²) in [6, 6.07) is 3.64. The standard InChI is InChI=1S/C14H18IN3O4/c1-3-7-17(8-4-2)14(20)16-13(19)10-5-6-11(15)12(9-10)18(21)22/h5-6,9H,3-4,7-8H2,1-2H3,(H,16,19,20). The molecule has 7 nitrogen and oxygen atoms in total. The number of hydrogen-bond acceptors (Lipinski definition) is 4. The first-order valence-electron chi connectivity index (χ1n) is 6.94. The number of hydrogen-bond donors (Lipinski definition) is 1. The van der Waals surface area contributed by atoms with Crippen LogP contribution in [0, 0.1) is 13.7 Å². The molecule has 0 saturated heterocycles.